The molecule has 11 heteroatoms. The third kappa shape index (κ3) is 4.62. The predicted molar refractivity (Wildman–Crippen MR) is 97.3 cm³/mol. The lowest BCUT2D eigenvalue weighted by Gasteiger charge is -2.33. The van der Waals surface area contributed by atoms with Gasteiger partial charge in [-0.3, -0.25) is 4.90 Å². The van der Waals surface area contributed by atoms with E-state index >= 15 is 0 Å². The molecule has 1 aromatic heterocycles. The summed E-state index contributed by atoms with van der Waals surface area (Å²) in [5.41, 5.74) is -0.113. The van der Waals surface area contributed by atoms with Crippen LogP contribution in [-0.2, 0) is 22.7 Å². The average molecular weight is 440 g/mol. The van der Waals surface area contributed by atoms with Gasteiger partial charge in [-0.1, -0.05) is 11.6 Å². The highest BCUT2D eigenvalue weighted by molar-refractivity contribution is 7.89. The highest BCUT2D eigenvalue weighted by Gasteiger charge is 2.35. The van der Waals surface area contributed by atoms with Crippen molar-refractivity contribution < 1.29 is 21.6 Å². The van der Waals surface area contributed by atoms with Crippen LogP contribution in [0, 0.1) is 6.92 Å². The highest BCUT2D eigenvalue weighted by Crippen LogP contribution is 2.34. The Labute approximate surface area is 164 Å². The molecule has 0 atom stereocenters. The molecule has 1 fully saturated rings. The minimum Gasteiger partial charge on any atom is -0.295 e. The van der Waals surface area contributed by atoms with Crippen LogP contribution in [0.3, 0.4) is 0 Å². The maximum Gasteiger partial charge on any atom is 0.416 e. The topological polar surface area (TPSA) is 53.5 Å². The lowest BCUT2D eigenvalue weighted by molar-refractivity contribution is -0.137. The van der Waals surface area contributed by atoms with E-state index in [0.717, 1.165) is 22.8 Å². The molecule has 148 valence electrons. The van der Waals surface area contributed by atoms with Gasteiger partial charge in [0.15, 0.2) is 0 Å². The van der Waals surface area contributed by atoms with Gasteiger partial charge in [0.2, 0.25) is 10.0 Å². The largest absolute Gasteiger partial charge is 0.416 e. The van der Waals surface area contributed by atoms with Crippen LogP contribution in [0.1, 0.15) is 16.3 Å². The molecular weight excluding hydrogens is 423 g/mol. The summed E-state index contributed by atoms with van der Waals surface area (Å²) < 4.78 is 65.6. The van der Waals surface area contributed by atoms with E-state index in [1.54, 1.807) is 11.3 Å². The Morgan fingerprint density at radius 2 is 1.89 bits per heavy atom. The van der Waals surface area contributed by atoms with Gasteiger partial charge in [0.25, 0.3) is 0 Å². The van der Waals surface area contributed by atoms with E-state index in [1.807, 2.05) is 12.3 Å². The molecule has 0 spiro atoms. The number of rotatable bonds is 4. The van der Waals surface area contributed by atoms with Crippen molar-refractivity contribution in [2.45, 2.75) is 24.5 Å². The van der Waals surface area contributed by atoms with Gasteiger partial charge in [-0.2, -0.15) is 17.5 Å². The Bertz CT molecular complexity index is 923. The van der Waals surface area contributed by atoms with E-state index < -0.39 is 26.7 Å². The summed E-state index contributed by atoms with van der Waals surface area (Å²) in [6.45, 7) is 3.81. The van der Waals surface area contributed by atoms with E-state index in [1.165, 1.54) is 4.31 Å². The van der Waals surface area contributed by atoms with E-state index in [4.69, 9.17) is 11.6 Å². The normalized spacial score (nSPS) is 17.4. The van der Waals surface area contributed by atoms with Crippen molar-refractivity contribution in [2.75, 3.05) is 26.2 Å². The van der Waals surface area contributed by atoms with Crippen molar-refractivity contribution in [1.82, 2.24) is 14.2 Å². The molecule has 27 heavy (non-hydrogen) atoms. The molecule has 2 aromatic rings. The lowest BCUT2D eigenvalue weighted by atomic mass is 10.2. The van der Waals surface area contributed by atoms with Crippen LogP contribution < -0.4 is 0 Å². The van der Waals surface area contributed by atoms with E-state index in [-0.39, 0.29) is 18.1 Å². The number of hydrogen-bond donors (Lipinski definition) is 0. The first kappa shape index (κ1) is 20.5. The van der Waals surface area contributed by atoms with Crippen LogP contribution in [0.15, 0.2) is 28.5 Å². The molecule has 2 heterocycles. The summed E-state index contributed by atoms with van der Waals surface area (Å²) in [6, 6.07) is 2.34. The van der Waals surface area contributed by atoms with Crippen LogP contribution in [0.4, 0.5) is 13.2 Å². The van der Waals surface area contributed by atoms with Gasteiger partial charge < -0.3 is 0 Å². The number of hydrogen-bond acceptors (Lipinski definition) is 5. The lowest BCUT2D eigenvalue weighted by Crippen LogP contribution is -2.48. The summed E-state index contributed by atoms with van der Waals surface area (Å²) in [7, 11) is -4.11. The predicted octanol–water partition coefficient (Wildman–Crippen LogP) is 3.63. The maximum atomic E-state index is 12.9. The molecule has 5 nitrogen and oxygen atoms in total. The Hall–Kier alpha value is -1.20. The summed E-state index contributed by atoms with van der Waals surface area (Å²) in [4.78, 5) is 5.94. The molecule has 1 aromatic carbocycles. The summed E-state index contributed by atoms with van der Waals surface area (Å²) in [5.74, 6) is 0. The molecule has 0 N–H and O–H groups in total. The van der Waals surface area contributed by atoms with Gasteiger partial charge >= 0.3 is 6.18 Å². The number of sulfonamides is 1. The Balaban J connectivity index is 1.73. The standard InChI is InChI=1S/C16H17ClF3N3O2S2/c1-11-21-13(10-26-11)9-22-4-6-23(7-5-22)27(24,25)15-8-12(16(18,19)20)2-3-14(15)17/h2-3,8,10H,4-7,9H2,1H3. The Morgan fingerprint density at radius 3 is 2.44 bits per heavy atom. The molecule has 0 saturated carbocycles. The number of aryl methyl sites for hydroxylation is 1. The summed E-state index contributed by atoms with van der Waals surface area (Å²) >= 11 is 7.45. The molecule has 3 rings (SSSR count). The number of aromatic nitrogens is 1. The number of alkyl halides is 3. The fourth-order valence-electron chi connectivity index (χ4n) is 2.85. The van der Waals surface area contributed by atoms with Crippen LogP contribution >= 0.6 is 22.9 Å². The van der Waals surface area contributed by atoms with Crippen molar-refractivity contribution in [1.29, 1.82) is 0 Å². The fourth-order valence-corrected chi connectivity index (χ4v) is 5.38. The number of piperazine rings is 1. The minimum absolute atomic E-state index is 0.179. The van der Waals surface area contributed by atoms with E-state index in [0.29, 0.717) is 25.7 Å². The second kappa shape index (κ2) is 7.67. The van der Waals surface area contributed by atoms with Gasteiger partial charge in [0.05, 0.1) is 21.3 Å². The van der Waals surface area contributed by atoms with Crippen molar-refractivity contribution in [3.05, 3.63) is 44.9 Å². The second-order valence-electron chi connectivity index (χ2n) is 6.18. The van der Waals surface area contributed by atoms with Gasteiger partial charge in [0.1, 0.15) is 4.90 Å². The summed E-state index contributed by atoms with van der Waals surface area (Å²) in [6.07, 6.45) is -4.64. The molecular formula is C16H17ClF3N3O2S2. The number of thiazole rings is 1. The number of halogens is 4. The molecule has 1 saturated heterocycles. The highest BCUT2D eigenvalue weighted by atomic mass is 35.5. The van der Waals surface area contributed by atoms with Crippen LogP contribution in [0.2, 0.25) is 5.02 Å². The zero-order valence-corrected chi connectivity index (χ0v) is 16.7. The Morgan fingerprint density at radius 1 is 1.22 bits per heavy atom. The molecule has 0 bridgehead atoms. The van der Waals surface area contributed by atoms with Crippen LogP contribution in [0.5, 0.6) is 0 Å². The van der Waals surface area contributed by atoms with Gasteiger partial charge in [-0.15, -0.1) is 11.3 Å². The number of benzene rings is 1. The quantitative estimate of drug-likeness (QED) is 0.730. The van der Waals surface area contributed by atoms with Gasteiger partial charge in [0, 0.05) is 38.1 Å². The van der Waals surface area contributed by atoms with Gasteiger partial charge in [-0.25, -0.2) is 13.4 Å². The van der Waals surface area contributed by atoms with Crippen molar-refractivity contribution in [2.24, 2.45) is 0 Å². The van der Waals surface area contributed by atoms with E-state index in [9.17, 15) is 21.6 Å². The molecule has 0 radical (unpaired) electrons. The maximum absolute atomic E-state index is 12.9. The van der Waals surface area contributed by atoms with Crippen LogP contribution in [-0.4, -0.2) is 48.8 Å². The molecule has 0 aliphatic carbocycles. The third-order valence-corrected chi connectivity index (χ3v) is 7.46. The third-order valence-electron chi connectivity index (χ3n) is 4.26. The van der Waals surface area contributed by atoms with Crippen molar-refractivity contribution >= 4 is 33.0 Å². The van der Waals surface area contributed by atoms with Gasteiger partial charge in [-0.05, 0) is 25.1 Å². The molecule has 0 amide bonds. The minimum atomic E-state index is -4.64. The fraction of sp³-hybridized carbons (Fsp3) is 0.438. The smallest absolute Gasteiger partial charge is 0.295 e. The second-order valence-corrected chi connectivity index (χ2v) is 9.56. The average Bonchev–Trinajstić information content (AvgIpc) is 2.99. The van der Waals surface area contributed by atoms with Crippen molar-refractivity contribution in [3.63, 3.8) is 0 Å². The SMILES string of the molecule is Cc1nc(CN2CCN(S(=O)(=O)c3cc(C(F)(F)F)ccc3Cl)CC2)cs1. The zero-order chi connectivity index (χ0) is 19.8. The first-order valence-corrected chi connectivity index (χ1v) is 10.8. The first-order valence-electron chi connectivity index (χ1n) is 8.07. The van der Waals surface area contributed by atoms with E-state index in [2.05, 4.69) is 9.88 Å². The Kier molecular flexibility index (Phi) is 5.83. The van der Waals surface area contributed by atoms with Crippen molar-refractivity contribution in [3.8, 4) is 0 Å². The molecule has 1 aliphatic heterocycles. The molecule has 1 aliphatic rings. The zero-order valence-electron chi connectivity index (χ0n) is 14.3. The number of nitrogens with zero attached hydrogens (tertiary/aromatic N) is 3. The van der Waals surface area contributed by atoms with Crippen LogP contribution in [0.25, 0.3) is 0 Å². The summed E-state index contributed by atoms with van der Waals surface area (Å²) in [5, 5.41) is 2.70. The first-order chi connectivity index (χ1) is 12.6. The molecule has 0 unspecified atom stereocenters. The monoisotopic (exact) mass is 439 g/mol.